The van der Waals surface area contributed by atoms with Gasteiger partial charge in [0.1, 0.15) is 0 Å². The highest BCUT2D eigenvalue weighted by molar-refractivity contribution is 5.94. The van der Waals surface area contributed by atoms with Gasteiger partial charge in [0.25, 0.3) is 5.91 Å². The van der Waals surface area contributed by atoms with Crippen LogP contribution in [0.3, 0.4) is 0 Å². The van der Waals surface area contributed by atoms with Crippen molar-refractivity contribution in [1.29, 1.82) is 0 Å². The van der Waals surface area contributed by atoms with Gasteiger partial charge in [-0.1, -0.05) is 37.3 Å². The number of carbonyl (C=O) groups is 1. The lowest BCUT2D eigenvalue weighted by Gasteiger charge is -2.15. The standard InChI is InChI=1S/C25H26N4O2/c1-5-19-11-13-20(14-12-19)26-25(30)18(4)31-22-15-16(2)23-17(3)28-29(24(23)27-22)21-9-7-6-8-10-21/h6-15,18H,5H2,1-4H3,(H,26,30)/t18-/m1/s1. The molecule has 0 saturated carbocycles. The molecule has 6 heteroatoms. The Morgan fingerprint density at radius 3 is 2.48 bits per heavy atom. The van der Waals surface area contributed by atoms with Crippen LogP contribution < -0.4 is 10.1 Å². The summed E-state index contributed by atoms with van der Waals surface area (Å²) in [5, 5.41) is 8.55. The maximum Gasteiger partial charge on any atom is 0.265 e. The molecule has 0 fully saturated rings. The van der Waals surface area contributed by atoms with Crippen LogP contribution in [0, 0.1) is 13.8 Å². The van der Waals surface area contributed by atoms with Crippen LogP contribution in [0.4, 0.5) is 5.69 Å². The quantitative estimate of drug-likeness (QED) is 0.482. The third-order valence-electron chi connectivity index (χ3n) is 5.28. The number of anilines is 1. The van der Waals surface area contributed by atoms with Crippen LogP contribution in [0.2, 0.25) is 0 Å². The van der Waals surface area contributed by atoms with Crippen LogP contribution in [0.1, 0.15) is 30.7 Å². The summed E-state index contributed by atoms with van der Waals surface area (Å²) in [6, 6.07) is 19.5. The second-order valence-electron chi connectivity index (χ2n) is 7.61. The van der Waals surface area contributed by atoms with E-state index in [0.717, 1.165) is 34.4 Å². The van der Waals surface area contributed by atoms with Crippen LogP contribution in [-0.2, 0) is 11.2 Å². The highest BCUT2D eigenvalue weighted by atomic mass is 16.5. The molecule has 2 aromatic heterocycles. The molecule has 158 valence electrons. The number of benzene rings is 2. The summed E-state index contributed by atoms with van der Waals surface area (Å²) in [4.78, 5) is 17.3. The number of aromatic nitrogens is 3. The van der Waals surface area contributed by atoms with Crippen molar-refractivity contribution in [2.75, 3.05) is 5.32 Å². The molecule has 4 aromatic rings. The van der Waals surface area contributed by atoms with Gasteiger partial charge < -0.3 is 10.1 Å². The third kappa shape index (κ3) is 4.28. The van der Waals surface area contributed by atoms with E-state index < -0.39 is 6.10 Å². The Morgan fingerprint density at radius 2 is 1.81 bits per heavy atom. The van der Waals surface area contributed by atoms with E-state index in [2.05, 4.69) is 22.3 Å². The topological polar surface area (TPSA) is 69.0 Å². The minimum absolute atomic E-state index is 0.225. The van der Waals surface area contributed by atoms with Crippen molar-refractivity contribution in [3.63, 3.8) is 0 Å². The molecule has 0 radical (unpaired) electrons. The van der Waals surface area contributed by atoms with Gasteiger partial charge >= 0.3 is 0 Å². The number of hydrogen-bond donors (Lipinski definition) is 1. The number of aryl methyl sites for hydroxylation is 3. The van der Waals surface area contributed by atoms with E-state index in [1.165, 1.54) is 5.56 Å². The van der Waals surface area contributed by atoms with Crippen molar-refractivity contribution in [2.45, 2.75) is 40.2 Å². The molecule has 1 atom stereocenters. The van der Waals surface area contributed by atoms with Crippen LogP contribution in [0.5, 0.6) is 5.88 Å². The van der Waals surface area contributed by atoms with Crippen LogP contribution >= 0.6 is 0 Å². The Kier molecular flexibility index (Phi) is 5.71. The number of carbonyl (C=O) groups excluding carboxylic acids is 1. The molecular weight excluding hydrogens is 388 g/mol. The normalized spacial score (nSPS) is 12.0. The average molecular weight is 415 g/mol. The number of hydrogen-bond acceptors (Lipinski definition) is 4. The van der Waals surface area contributed by atoms with E-state index >= 15 is 0 Å². The molecule has 4 rings (SSSR count). The van der Waals surface area contributed by atoms with E-state index in [4.69, 9.17) is 4.74 Å². The zero-order valence-corrected chi connectivity index (χ0v) is 18.2. The van der Waals surface area contributed by atoms with Crippen LogP contribution in [0.25, 0.3) is 16.7 Å². The first kappa shape index (κ1) is 20.6. The highest BCUT2D eigenvalue weighted by Crippen LogP contribution is 2.27. The summed E-state index contributed by atoms with van der Waals surface area (Å²) in [5.41, 5.74) is 5.50. The van der Waals surface area contributed by atoms with Crippen molar-refractivity contribution < 1.29 is 9.53 Å². The molecule has 0 aliphatic carbocycles. The highest BCUT2D eigenvalue weighted by Gasteiger charge is 2.19. The lowest BCUT2D eigenvalue weighted by atomic mass is 10.1. The van der Waals surface area contributed by atoms with Gasteiger partial charge in [-0.3, -0.25) is 4.79 Å². The van der Waals surface area contributed by atoms with Gasteiger partial charge in [-0.25, -0.2) is 4.68 Å². The number of fused-ring (bicyclic) bond motifs is 1. The molecule has 0 spiro atoms. The number of nitrogens with zero attached hydrogens (tertiary/aromatic N) is 3. The number of rotatable bonds is 6. The number of para-hydroxylation sites is 1. The summed E-state index contributed by atoms with van der Waals surface area (Å²) in [7, 11) is 0. The average Bonchev–Trinajstić information content (AvgIpc) is 3.11. The molecule has 31 heavy (non-hydrogen) atoms. The molecule has 0 aliphatic heterocycles. The summed E-state index contributed by atoms with van der Waals surface area (Å²) in [5.74, 6) is 0.169. The first-order valence-electron chi connectivity index (χ1n) is 10.4. The SMILES string of the molecule is CCc1ccc(NC(=O)[C@@H](C)Oc2cc(C)c3c(C)nn(-c4ccccc4)c3n2)cc1. The van der Waals surface area contributed by atoms with Gasteiger partial charge in [0.15, 0.2) is 11.8 Å². The van der Waals surface area contributed by atoms with Gasteiger partial charge in [-0.15, -0.1) is 0 Å². The monoisotopic (exact) mass is 414 g/mol. The summed E-state index contributed by atoms with van der Waals surface area (Å²) < 4.78 is 7.73. The maximum absolute atomic E-state index is 12.6. The molecule has 6 nitrogen and oxygen atoms in total. The van der Waals surface area contributed by atoms with E-state index in [0.29, 0.717) is 11.5 Å². The van der Waals surface area contributed by atoms with Crippen molar-refractivity contribution in [3.05, 3.63) is 77.5 Å². The Morgan fingerprint density at radius 1 is 1.10 bits per heavy atom. The van der Waals surface area contributed by atoms with Crippen LogP contribution in [-0.4, -0.2) is 26.8 Å². The van der Waals surface area contributed by atoms with Gasteiger partial charge in [0, 0.05) is 17.1 Å². The molecule has 0 saturated heterocycles. The minimum atomic E-state index is -0.704. The lowest BCUT2D eigenvalue weighted by molar-refractivity contribution is -0.122. The Bertz CT molecular complexity index is 1210. The Balaban J connectivity index is 1.58. The lowest BCUT2D eigenvalue weighted by Crippen LogP contribution is -2.30. The largest absolute Gasteiger partial charge is 0.464 e. The number of pyridine rings is 1. The molecule has 1 N–H and O–H groups in total. The molecule has 0 bridgehead atoms. The van der Waals surface area contributed by atoms with Gasteiger partial charge in [-0.2, -0.15) is 10.1 Å². The summed E-state index contributed by atoms with van der Waals surface area (Å²) in [6.07, 6.45) is 0.254. The number of amides is 1. The fraction of sp³-hybridized carbons (Fsp3) is 0.240. The number of ether oxygens (including phenoxy) is 1. The van der Waals surface area contributed by atoms with Crippen molar-refractivity contribution >= 4 is 22.6 Å². The number of nitrogens with one attached hydrogen (secondary N) is 1. The van der Waals surface area contributed by atoms with Crippen molar-refractivity contribution in [1.82, 2.24) is 14.8 Å². The molecular formula is C25H26N4O2. The van der Waals surface area contributed by atoms with E-state index in [1.807, 2.05) is 79.2 Å². The second kappa shape index (κ2) is 8.60. The van der Waals surface area contributed by atoms with Crippen LogP contribution in [0.15, 0.2) is 60.7 Å². The summed E-state index contributed by atoms with van der Waals surface area (Å²) >= 11 is 0. The predicted molar refractivity (Wildman–Crippen MR) is 123 cm³/mol. The van der Waals surface area contributed by atoms with Gasteiger partial charge in [-0.05, 0) is 62.6 Å². The molecule has 2 heterocycles. The zero-order valence-electron chi connectivity index (χ0n) is 18.2. The Labute approximate surface area is 181 Å². The second-order valence-corrected chi connectivity index (χ2v) is 7.61. The van der Waals surface area contributed by atoms with E-state index in [-0.39, 0.29) is 5.91 Å². The predicted octanol–water partition coefficient (Wildman–Crippen LogP) is 5.01. The fourth-order valence-electron chi connectivity index (χ4n) is 3.59. The third-order valence-corrected chi connectivity index (χ3v) is 5.28. The zero-order chi connectivity index (χ0) is 22.0. The molecule has 2 aromatic carbocycles. The molecule has 0 unspecified atom stereocenters. The smallest absolute Gasteiger partial charge is 0.265 e. The van der Waals surface area contributed by atoms with Crippen molar-refractivity contribution in [2.24, 2.45) is 0 Å². The fourth-order valence-corrected chi connectivity index (χ4v) is 3.59. The van der Waals surface area contributed by atoms with E-state index in [1.54, 1.807) is 6.92 Å². The summed E-state index contributed by atoms with van der Waals surface area (Å²) in [6.45, 7) is 7.79. The first-order valence-corrected chi connectivity index (χ1v) is 10.4. The van der Waals surface area contributed by atoms with Crippen molar-refractivity contribution in [3.8, 4) is 11.6 Å². The Hall–Kier alpha value is -3.67. The molecule has 0 aliphatic rings. The van der Waals surface area contributed by atoms with Gasteiger partial charge in [0.2, 0.25) is 5.88 Å². The van der Waals surface area contributed by atoms with Gasteiger partial charge in [0.05, 0.1) is 11.4 Å². The maximum atomic E-state index is 12.6. The first-order chi connectivity index (χ1) is 15.0. The molecule has 1 amide bonds. The van der Waals surface area contributed by atoms with E-state index in [9.17, 15) is 4.79 Å². The minimum Gasteiger partial charge on any atom is -0.464 e.